The molecule has 1 heterocycles. The van der Waals surface area contributed by atoms with Gasteiger partial charge in [0.25, 0.3) is 11.8 Å². The van der Waals surface area contributed by atoms with Crippen LogP contribution in [0.4, 0.5) is 4.39 Å². The Balaban J connectivity index is 1.46. The Bertz CT molecular complexity index is 1850. The van der Waals surface area contributed by atoms with E-state index in [4.69, 9.17) is 9.15 Å². The molecule has 42 heavy (non-hydrogen) atoms. The van der Waals surface area contributed by atoms with Crippen LogP contribution in [-0.4, -0.2) is 26.0 Å². The highest BCUT2D eigenvalue weighted by Crippen LogP contribution is 2.46. The summed E-state index contributed by atoms with van der Waals surface area (Å²) >= 11 is -1.67. The van der Waals surface area contributed by atoms with E-state index < -0.39 is 32.5 Å². The standard InChI is InChI=1S/C33H26FIN2O5/c1-36-32(39)29-24-17-23(26(35-40)18-28(24)42-30(29)19-8-11-22(34)12-9-19)20-10-13-27(41-2)25(16-20)31(38)37-33(14-15-33)21-6-4-3-5-7-21/h3-13,16-18H,14-15H2,1-2H3,(H,36,39)(H,37,38). The number of carbonyl (C=O) groups excluding carboxylic acids is 2. The van der Waals surface area contributed by atoms with Gasteiger partial charge in [-0.1, -0.05) is 36.4 Å². The SMILES string of the molecule is CNC(=O)c1c(-c2ccc(F)cc2)oc2cc(I=O)c(-c3ccc(OC)c(C(=O)NC4(c5ccccc5)CC4)c3)cc12. The minimum absolute atomic E-state index is 0.276. The lowest BCUT2D eigenvalue weighted by atomic mass is 9.98. The van der Waals surface area contributed by atoms with Crippen LogP contribution in [0, 0.1) is 9.39 Å². The number of ether oxygens (including phenoxy) is 1. The Hall–Kier alpha value is -4.38. The van der Waals surface area contributed by atoms with Crippen molar-refractivity contribution in [1.82, 2.24) is 10.6 Å². The molecule has 0 radical (unpaired) electrons. The smallest absolute Gasteiger partial charge is 0.255 e. The van der Waals surface area contributed by atoms with Crippen LogP contribution >= 0.6 is 21.2 Å². The zero-order valence-electron chi connectivity index (χ0n) is 22.8. The van der Waals surface area contributed by atoms with Gasteiger partial charge in [-0.05, 0) is 78.1 Å². The van der Waals surface area contributed by atoms with Crippen molar-refractivity contribution in [3.63, 3.8) is 0 Å². The van der Waals surface area contributed by atoms with E-state index in [9.17, 15) is 17.0 Å². The topological polar surface area (TPSA) is 97.6 Å². The average Bonchev–Trinajstić information content (AvgIpc) is 3.72. The Morgan fingerprint density at radius 3 is 2.29 bits per heavy atom. The maximum atomic E-state index is 13.6. The Labute approximate surface area is 251 Å². The summed E-state index contributed by atoms with van der Waals surface area (Å²) in [6.07, 6.45) is 1.68. The number of amides is 2. The molecule has 0 bridgehead atoms. The third kappa shape index (κ3) is 4.98. The number of halogens is 2. The molecule has 212 valence electrons. The quantitative estimate of drug-likeness (QED) is 0.170. The zero-order chi connectivity index (χ0) is 29.4. The third-order valence-corrected chi connectivity index (χ3v) is 8.97. The summed E-state index contributed by atoms with van der Waals surface area (Å²) in [5.41, 5.74) is 3.43. The van der Waals surface area contributed by atoms with E-state index >= 15 is 0 Å². The first-order chi connectivity index (χ1) is 20.4. The average molecular weight is 676 g/mol. The first kappa shape index (κ1) is 27.8. The summed E-state index contributed by atoms with van der Waals surface area (Å²) in [5, 5.41) is 6.36. The fourth-order valence-electron chi connectivity index (χ4n) is 5.26. The van der Waals surface area contributed by atoms with Crippen LogP contribution in [0.2, 0.25) is 0 Å². The molecule has 0 unspecified atom stereocenters. The molecule has 2 N–H and O–H groups in total. The summed E-state index contributed by atoms with van der Waals surface area (Å²) in [7, 11) is 3.03. The van der Waals surface area contributed by atoms with Crippen LogP contribution in [0.5, 0.6) is 5.75 Å². The Morgan fingerprint density at radius 1 is 0.929 bits per heavy atom. The molecule has 2 amide bonds. The van der Waals surface area contributed by atoms with E-state index in [1.807, 2.05) is 30.3 Å². The second-order valence-electron chi connectivity index (χ2n) is 10.1. The summed E-state index contributed by atoms with van der Waals surface area (Å²) < 4.78 is 38.3. The van der Waals surface area contributed by atoms with Crippen molar-refractivity contribution in [2.45, 2.75) is 18.4 Å². The summed E-state index contributed by atoms with van der Waals surface area (Å²) in [5.74, 6) is -0.376. The molecule has 1 saturated carbocycles. The van der Waals surface area contributed by atoms with Gasteiger partial charge in [0.15, 0.2) is 21.2 Å². The number of fused-ring (bicyclic) bond motifs is 1. The molecule has 1 aliphatic rings. The second kappa shape index (κ2) is 11.1. The number of furan rings is 1. The van der Waals surface area contributed by atoms with Crippen LogP contribution in [0.25, 0.3) is 33.4 Å². The molecule has 0 spiro atoms. The van der Waals surface area contributed by atoms with Crippen molar-refractivity contribution in [2.24, 2.45) is 0 Å². The number of rotatable bonds is 8. The lowest BCUT2D eigenvalue weighted by molar-refractivity contribution is 0.0926. The Morgan fingerprint density at radius 2 is 1.64 bits per heavy atom. The van der Waals surface area contributed by atoms with Gasteiger partial charge in [-0.15, -0.1) is 0 Å². The van der Waals surface area contributed by atoms with Gasteiger partial charge in [0.05, 0.1) is 27.3 Å². The van der Waals surface area contributed by atoms with Crippen molar-refractivity contribution >= 4 is 44.0 Å². The maximum Gasteiger partial charge on any atom is 0.255 e. The fourth-order valence-corrected chi connectivity index (χ4v) is 6.38. The lowest BCUT2D eigenvalue weighted by Crippen LogP contribution is -2.35. The van der Waals surface area contributed by atoms with Gasteiger partial charge >= 0.3 is 0 Å². The van der Waals surface area contributed by atoms with Crippen LogP contribution in [-0.2, 0) is 8.61 Å². The van der Waals surface area contributed by atoms with E-state index in [1.54, 1.807) is 30.3 Å². The Kier molecular flexibility index (Phi) is 7.36. The predicted molar refractivity (Wildman–Crippen MR) is 165 cm³/mol. The molecule has 0 saturated heterocycles. The normalized spacial score (nSPS) is 13.5. The number of methoxy groups -OCH3 is 1. The molecular weight excluding hydrogens is 650 g/mol. The molecule has 0 atom stereocenters. The minimum atomic E-state index is -1.67. The predicted octanol–water partition coefficient (Wildman–Crippen LogP) is 7.18. The van der Waals surface area contributed by atoms with Crippen LogP contribution in [0.1, 0.15) is 39.1 Å². The molecule has 1 fully saturated rings. The van der Waals surface area contributed by atoms with Crippen molar-refractivity contribution in [2.75, 3.05) is 14.2 Å². The molecule has 1 aliphatic carbocycles. The summed E-state index contributed by atoms with van der Waals surface area (Å²) in [4.78, 5) is 26.7. The van der Waals surface area contributed by atoms with Crippen molar-refractivity contribution in [3.05, 3.63) is 111 Å². The lowest BCUT2D eigenvalue weighted by Gasteiger charge is -2.19. The fraction of sp³-hybridized carbons (Fsp3) is 0.152. The zero-order valence-corrected chi connectivity index (χ0v) is 25.0. The molecule has 0 aliphatic heterocycles. The van der Waals surface area contributed by atoms with Gasteiger partial charge in [-0.25, -0.2) is 4.39 Å². The van der Waals surface area contributed by atoms with E-state index in [1.165, 1.54) is 38.4 Å². The van der Waals surface area contributed by atoms with E-state index in [2.05, 4.69) is 10.6 Å². The van der Waals surface area contributed by atoms with E-state index in [0.29, 0.717) is 42.5 Å². The van der Waals surface area contributed by atoms with Crippen molar-refractivity contribution < 1.29 is 26.2 Å². The number of carbonyl (C=O) groups is 2. The first-order valence-corrected chi connectivity index (χ1v) is 15.3. The second-order valence-corrected chi connectivity index (χ2v) is 11.7. The maximum absolute atomic E-state index is 13.6. The van der Waals surface area contributed by atoms with Gasteiger partial charge < -0.3 is 19.8 Å². The number of hydrogen-bond donors (Lipinski definition) is 2. The van der Waals surface area contributed by atoms with E-state index in [0.717, 1.165) is 18.4 Å². The van der Waals surface area contributed by atoms with Gasteiger partial charge in [0.2, 0.25) is 0 Å². The minimum Gasteiger partial charge on any atom is -0.496 e. The number of benzene rings is 4. The van der Waals surface area contributed by atoms with Gasteiger partial charge in [-0.2, -0.15) is 0 Å². The molecule has 4 aromatic carbocycles. The van der Waals surface area contributed by atoms with Crippen molar-refractivity contribution in [1.29, 1.82) is 0 Å². The van der Waals surface area contributed by atoms with Gasteiger partial charge in [0.1, 0.15) is 22.9 Å². The van der Waals surface area contributed by atoms with E-state index in [-0.39, 0.29) is 23.1 Å². The molecule has 7 nitrogen and oxygen atoms in total. The highest BCUT2D eigenvalue weighted by molar-refractivity contribution is 14.1. The number of hydrogen-bond acceptors (Lipinski definition) is 5. The molecule has 1 aromatic heterocycles. The summed E-state index contributed by atoms with van der Waals surface area (Å²) in [6.45, 7) is 0. The van der Waals surface area contributed by atoms with Crippen LogP contribution in [0.3, 0.4) is 0 Å². The molecular formula is C33H26FIN2O5. The third-order valence-electron chi connectivity index (χ3n) is 7.61. The van der Waals surface area contributed by atoms with Crippen LogP contribution in [0.15, 0.2) is 89.3 Å². The monoisotopic (exact) mass is 676 g/mol. The van der Waals surface area contributed by atoms with Gasteiger partial charge in [0, 0.05) is 18.0 Å². The molecule has 6 rings (SSSR count). The highest BCUT2D eigenvalue weighted by atomic mass is 127. The van der Waals surface area contributed by atoms with Gasteiger partial charge in [-0.3, -0.25) is 12.7 Å². The summed E-state index contributed by atoms with van der Waals surface area (Å²) in [6, 6.07) is 24.2. The van der Waals surface area contributed by atoms with Crippen LogP contribution < -0.4 is 15.4 Å². The molecule has 9 heteroatoms. The molecule has 5 aromatic rings. The number of nitrogens with one attached hydrogen (secondary N) is 2. The highest BCUT2D eigenvalue weighted by Gasteiger charge is 2.46. The van der Waals surface area contributed by atoms with Crippen molar-refractivity contribution in [3.8, 4) is 28.2 Å². The largest absolute Gasteiger partial charge is 0.496 e. The first-order valence-electron chi connectivity index (χ1n) is 13.3.